The lowest BCUT2D eigenvalue weighted by atomic mass is 10.0. The zero-order valence-corrected chi connectivity index (χ0v) is 42.5. The average Bonchev–Trinajstić information content (AvgIpc) is 3.28. The number of carbonyl (C=O) groups excluding carboxylic acids is 2. The molecule has 0 saturated carbocycles. The lowest BCUT2D eigenvalue weighted by molar-refractivity contribution is -0.151. The first-order valence-corrected chi connectivity index (χ1v) is 28.1. The summed E-state index contributed by atoms with van der Waals surface area (Å²) in [6.07, 6.45) is 59.6. The van der Waals surface area contributed by atoms with Gasteiger partial charge in [-0.05, 0) is 70.6 Å². The van der Waals surface area contributed by atoms with E-state index < -0.39 is 18.2 Å². The van der Waals surface area contributed by atoms with E-state index in [9.17, 15) is 19.8 Å². The highest BCUT2D eigenvalue weighted by Gasteiger charge is 2.24. The van der Waals surface area contributed by atoms with Crippen LogP contribution in [0, 0.1) is 0 Å². The van der Waals surface area contributed by atoms with Crippen molar-refractivity contribution in [3.63, 3.8) is 0 Å². The highest BCUT2D eigenvalue weighted by molar-refractivity contribution is 5.77. The van der Waals surface area contributed by atoms with Crippen molar-refractivity contribution < 1.29 is 24.5 Å². The fourth-order valence-electron chi connectivity index (χ4n) is 8.70. The molecule has 0 radical (unpaired) electrons. The second-order valence-electron chi connectivity index (χ2n) is 19.3. The molecule has 3 N–H and O–H groups in total. The topological polar surface area (TPSA) is 95.9 Å². The normalized spacial score (nSPS) is 13.3. The van der Waals surface area contributed by atoms with Crippen LogP contribution in [0.2, 0.25) is 0 Å². The van der Waals surface area contributed by atoms with Crippen molar-refractivity contribution in [1.82, 2.24) is 5.32 Å². The van der Waals surface area contributed by atoms with Gasteiger partial charge in [-0.3, -0.25) is 9.59 Å². The molecule has 1 amide bonds. The molecule has 0 bridgehead atoms. The van der Waals surface area contributed by atoms with E-state index in [0.717, 1.165) is 57.8 Å². The van der Waals surface area contributed by atoms with Gasteiger partial charge >= 0.3 is 5.97 Å². The van der Waals surface area contributed by atoms with Crippen LogP contribution in [0.4, 0.5) is 0 Å². The first-order valence-electron chi connectivity index (χ1n) is 28.1. The van der Waals surface area contributed by atoms with Crippen LogP contribution < -0.4 is 5.32 Å². The fraction of sp³-hybridized carbons (Fsp3) is 0.895. The monoisotopic (exact) mass is 888 g/mol. The third-order valence-corrected chi connectivity index (χ3v) is 13.0. The summed E-state index contributed by atoms with van der Waals surface area (Å²) < 4.78 is 5.94. The minimum atomic E-state index is -0.787. The molecular weight excluding hydrogens is 779 g/mol. The number of carbonyl (C=O) groups is 2. The van der Waals surface area contributed by atoms with E-state index in [4.69, 9.17) is 4.74 Å². The third-order valence-electron chi connectivity index (χ3n) is 13.0. The fourth-order valence-corrected chi connectivity index (χ4v) is 8.70. The lowest BCUT2D eigenvalue weighted by Crippen LogP contribution is -2.46. The quantitative estimate of drug-likeness (QED) is 0.0321. The average molecular weight is 889 g/mol. The molecule has 0 aliphatic heterocycles. The Hall–Kier alpha value is -1.66. The molecule has 0 saturated heterocycles. The third kappa shape index (κ3) is 46.7. The van der Waals surface area contributed by atoms with Crippen molar-refractivity contribution in [2.75, 3.05) is 6.61 Å². The smallest absolute Gasteiger partial charge is 0.306 e. The maximum Gasteiger partial charge on any atom is 0.306 e. The summed E-state index contributed by atoms with van der Waals surface area (Å²) in [6.45, 7) is 6.47. The van der Waals surface area contributed by atoms with Crippen molar-refractivity contribution >= 4 is 11.9 Å². The van der Waals surface area contributed by atoms with Crippen LogP contribution in [-0.2, 0) is 14.3 Å². The number of amides is 1. The van der Waals surface area contributed by atoms with Crippen LogP contribution in [0.3, 0.4) is 0 Å². The number of hydrogen-bond donors (Lipinski definition) is 3. The van der Waals surface area contributed by atoms with Crippen LogP contribution >= 0.6 is 0 Å². The van der Waals surface area contributed by atoms with Gasteiger partial charge in [0.15, 0.2) is 0 Å². The molecule has 0 aliphatic carbocycles. The second-order valence-corrected chi connectivity index (χ2v) is 19.3. The Bertz CT molecular complexity index is 997. The van der Waals surface area contributed by atoms with Gasteiger partial charge in [-0.15, -0.1) is 0 Å². The zero-order valence-electron chi connectivity index (χ0n) is 42.5. The Balaban J connectivity index is 4.50. The van der Waals surface area contributed by atoms with E-state index in [2.05, 4.69) is 50.4 Å². The summed E-state index contributed by atoms with van der Waals surface area (Å²) >= 11 is 0. The van der Waals surface area contributed by atoms with Gasteiger partial charge < -0.3 is 20.3 Å². The summed E-state index contributed by atoms with van der Waals surface area (Å²) in [4.78, 5) is 26.2. The zero-order chi connectivity index (χ0) is 45.9. The molecule has 63 heavy (non-hydrogen) atoms. The Morgan fingerprint density at radius 2 is 0.778 bits per heavy atom. The molecule has 0 heterocycles. The Labute approximate surface area is 392 Å². The van der Waals surface area contributed by atoms with Crippen LogP contribution in [0.5, 0.6) is 0 Å². The minimum absolute atomic E-state index is 0.0756. The highest BCUT2D eigenvalue weighted by atomic mass is 16.5. The molecule has 372 valence electrons. The van der Waals surface area contributed by atoms with Gasteiger partial charge in [0, 0.05) is 6.42 Å². The van der Waals surface area contributed by atoms with Crippen molar-refractivity contribution in [2.24, 2.45) is 0 Å². The molecule has 0 spiro atoms. The summed E-state index contributed by atoms with van der Waals surface area (Å²) in [5.74, 6) is -0.474. The molecule has 6 nitrogen and oxygen atoms in total. The van der Waals surface area contributed by atoms with Gasteiger partial charge in [0.1, 0.15) is 6.10 Å². The molecule has 3 unspecified atom stereocenters. The van der Waals surface area contributed by atoms with Gasteiger partial charge in [0.2, 0.25) is 5.91 Å². The van der Waals surface area contributed by atoms with E-state index in [0.29, 0.717) is 19.3 Å². The van der Waals surface area contributed by atoms with Gasteiger partial charge in [0.05, 0.1) is 25.2 Å². The maximum absolute atomic E-state index is 13.2. The van der Waals surface area contributed by atoms with E-state index in [1.54, 1.807) is 0 Å². The SMILES string of the molecule is CCCC/C=C\CCCCCCCC(=O)OC(CCCCCCCCC/C=C/CCCCCCCC)CC(=O)NC(CO)C(O)CCCCCCCCCCCCCCCCCC. The van der Waals surface area contributed by atoms with Crippen LogP contribution in [0.25, 0.3) is 0 Å². The lowest BCUT2D eigenvalue weighted by Gasteiger charge is -2.24. The Kier molecular flexibility index (Phi) is 50.0. The second kappa shape index (κ2) is 51.3. The summed E-state index contributed by atoms with van der Waals surface area (Å²) in [7, 11) is 0. The number of hydrogen-bond acceptors (Lipinski definition) is 5. The summed E-state index contributed by atoms with van der Waals surface area (Å²) in [5, 5.41) is 23.9. The van der Waals surface area contributed by atoms with Crippen LogP contribution in [0.1, 0.15) is 303 Å². The number of aliphatic hydroxyl groups is 2. The van der Waals surface area contributed by atoms with Gasteiger partial charge in [-0.1, -0.05) is 244 Å². The molecular formula is C57H109NO5. The molecule has 0 aromatic heterocycles. The first-order chi connectivity index (χ1) is 31.0. The van der Waals surface area contributed by atoms with Crippen LogP contribution in [-0.4, -0.2) is 46.9 Å². The number of aliphatic hydroxyl groups excluding tert-OH is 2. The van der Waals surface area contributed by atoms with Crippen molar-refractivity contribution in [2.45, 2.75) is 322 Å². The van der Waals surface area contributed by atoms with Crippen LogP contribution in [0.15, 0.2) is 24.3 Å². The molecule has 0 rings (SSSR count). The largest absolute Gasteiger partial charge is 0.462 e. The van der Waals surface area contributed by atoms with E-state index in [1.807, 2.05) is 0 Å². The molecule has 3 atom stereocenters. The van der Waals surface area contributed by atoms with Crippen molar-refractivity contribution in [3.8, 4) is 0 Å². The van der Waals surface area contributed by atoms with E-state index in [-0.39, 0.29) is 24.9 Å². The number of rotatable bonds is 51. The highest BCUT2D eigenvalue weighted by Crippen LogP contribution is 2.18. The Morgan fingerprint density at radius 3 is 1.17 bits per heavy atom. The van der Waals surface area contributed by atoms with Gasteiger partial charge in [-0.2, -0.15) is 0 Å². The molecule has 0 aromatic rings. The molecule has 0 fully saturated rings. The predicted molar refractivity (Wildman–Crippen MR) is 273 cm³/mol. The number of ether oxygens (including phenoxy) is 1. The summed E-state index contributed by atoms with van der Waals surface area (Å²) in [5.41, 5.74) is 0. The number of allylic oxidation sites excluding steroid dienone is 4. The minimum Gasteiger partial charge on any atom is -0.462 e. The Morgan fingerprint density at radius 1 is 0.444 bits per heavy atom. The first kappa shape index (κ1) is 61.3. The maximum atomic E-state index is 13.2. The summed E-state index contributed by atoms with van der Waals surface area (Å²) in [6, 6.07) is -0.701. The molecule has 0 aliphatic rings. The predicted octanol–water partition coefficient (Wildman–Crippen LogP) is 17.1. The van der Waals surface area contributed by atoms with Gasteiger partial charge in [0.25, 0.3) is 0 Å². The van der Waals surface area contributed by atoms with E-state index >= 15 is 0 Å². The molecule has 6 heteroatoms. The van der Waals surface area contributed by atoms with E-state index in [1.165, 1.54) is 199 Å². The van der Waals surface area contributed by atoms with Gasteiger partial charge in [-0.25, -0.2) is 0 Å². The van der Waals surface area contributed by atoms with Crippen molar-refractivity contribution in [1.29, 1.82) is 0 Å². The number of esters is 1. The standard InChI is InChI=1S/C57H109NO5/c1-4-7-10-13-16-19-22-24-26-28-29-31-34-36-39-42-45-48-53(63-57(62)50-47-44-41-38-33-21-18-15-12-9-6-3)51-56(61)58-54(52-59)55(60)49-46-43-40-37-35-32-30-27-25-23-20-17-14-11-8-5-2/h15,18,24,26,53-55,59-60H,4-14,16-17,19-23,25,27-52H2,1-3H3,(H,58,61)/b18-15-,26-24+. The number of nitrogens with one attached hydrogen (secondary N) is 1. The molecule has 0 aromatic carbocycles. The number of unbranched alkanes of at least 4 members (excludes halogenated alkanes) is 35. The van der Waals surface area contributed by atoms with Crippen molar-refractivity contribution in [3.05, 3.63) is 24.3 Å².